The predicted octanol–water partition coefficient (Wildman–Crippen LogP) is 3.68. The standard InChI is InChI=1S/C18H20BrN3O2/c19-18-7-2-1-5-16(18)14-21-10-8-20(9-11-21)13-15-4-3-6-17(12-15)22(23)24/h1-7,12H,8-11,13-14H2. The van der Waals surface area contributed by atoms with Gasteiger partial charge in [-0.3, -0.25) is 19.9 Å². The molecule has 6 heteroatoms. The lowest BCUT2D eigenvalue weighted by Crippen LogP contribution is -2.45. The number of halogens is 1. The summed E-state index contributed by atoms with van der Waals surface area (Å²) in [6.07, 6.45) is 0. The number of hydrogen-bond donors (Lipinski definition) is 0. The highest BCUT2D eigenvalue weighted by molar-refractivity contribution is 9.10. The molecule has 0 saturated carbocycles. The SMILES string of the molecule is O=[N+]([O-])c1cccc(CN2CCN(Cc3ccccc3Br)CC2)c1. The molecular formula is C18H20BrN3O2. The Labute approximate surface area is 150 Å². The van der Waals surface area contributed by atoms with E-state index in [0.717, 1.165) is 49.3 Å². The summed E-state index contributed by atoms with van der Waals surface area (Å²) in [5.41, 5.74) is 2.48. The Kier molecular flexibility index (Phi) is 5.60. The maximum Gasteiger partial charge on any atom is 0.269 e. The monoisotopic (exact) mass is 389 g/mol. The van der Waals surface area contributed by atoms with Crippen LogP contribution in [0.5, 0.6) is 0 Å². The zero-order valence-electron chi connectivity index (χ0n) is 13.4. The van der Waals surface area contributed by atoms with Gasteiger partial charge in [0.15, 0.2) is 0 Å². The molecule has 3 rings (SSSR count). The van der Waals surface area contributed by atoms with E-state index in [2.05, 4.69) is 43.9 Å². The molecule has 1 aliphatic heterocycles. The van der Waals surface area contributed by atoms with E-state index < -0.39 is 0 Å². The number of nitro groups is 1. The molecule has 1 aliphatic rings. The minimum Gasteiger partial charge on any atom is -0.297 e. The fourth-order valence-electron chi connectivity index (χ4n) is 3.00. The summed E-state index contributed by atoms with van der Waals surface area (Å²) < 4.78 is 1.16. The number of benzene rings is 2. The highest BCUT2D eigenvalue weighted by Crippen LogP contribution is 2.19. The first kappa shape index (κ1) is 17.1. The number of rotatable bonds is 5. The third kappa shape index (κ3) is 4.41. The second kappa shape index (κ2) is 7.88. The van der Waals surface area contributed by atoms with Crippen LogP contribution in [0.15, 0.2) is 53.0 Å². The van der Waals surface area contributed by atoms with Crippen LogP contribution in [0.3, 0.4) is 0 Å². The van der Waals surface area contributed by atoms with Gasteiger partial charge in [0.2, 0.25) is 0 Å². The van der Waals surface area contributed by atoms with Crippen LogP contribution in [0.4, 0.5) is 5.69 Å². The molecule has 0 amide bonds. The second-order valence-electron chi connectivity index (χ2n) is 6.07. The van der Waals surface area contributed by atoms with E-state index in [-0.39, 0.29) is 10.6 Å². The molecule has 0 spiro atoms. The van der Waals surface area contributed by atoms with Crippen molar-refractivity contribution >= 4 is 21.6 Å². The van der Waals surface area contributed by atoms with Gasteiger partial charge < -0.3 is 0 Å². The van der Waals surface area contributed by atoms with Crippen molar-refractivity contribution in [1.29, 1.82) is 0 Å². The predicted molar refractivity (Wildman–Crippen MR) is 97.8 cm³/mol. The van der Waals surface area contributed by atoms with Gasteiger partial charge in [0.25, 0.3) is 5.69 Å². The number of piperazine rings is 1. The number of non-ortho nitro benzene ring substituents is 1. The Hall–Kier alpha value is -1.76. The summed E-state index contributed by atoms with van der Waals surface area (Å²) in [7, 11) is 0. The Bertz CT molecular complexity index is 715. The van der Waals surface area contributed by atoms with Crippen LogP contribution in [0.1, 0.15) is 11.1 Å². The molecule has 0 radical (unpaired) electrons. The minimum atomic E-state index is -0.334. The van der Waals surface area contributed by atoms with E-state index in [4.69, 9.17) is 0 Å². The molecule has 1 fully saturated rings. The highest BCUT2D eigenvalue weighted by atomic mass is 79.9. The van der Waals surface area contributed by atoms with Crippen LogP contribution >= 0.6 is 15.9 Å². The lowest BCUT2D eigenvalue weighted by molar-refractivity contribution is -0.384. The van der Waals surface area contributed by atoms with Crippen molar-refractivity contribution in [2.75, 3.05) is 26.2 Å². The summed E-state index contributed by atoms with van der Waals surface area (Å²) in [5, 5.41) is 10.9. The van der Waals surface area contributed by atoms with Crippen LogP contribution < -0.4 is 0 Å². The average molecular weight is 390 g/mol. The van der Waals surface area contributed by atoms with E-state index in [1.54, 1.807) is 18.2 Å². The maximum absolute atomic E-state index is 10.9. The fraction of sp³-hybridized carbons (Fsp3) is 0.333. The van der Waals surface area contributed by atoms with Gasteiger partial charge in [0.05, 0.1) is 4.92 Å². The molecule has 2 aromatic rings. The largest absolute Gasteiger partial charge is 0.297 e. The topological polar surface area (TPSA) is 49.6 Å². The van der Waals surface area contributed by atoms with E-state index in [1.165, 1.54) is 5.56 Å². The number of nitro benzene ring substituents is 1. The van der Waals surface area contributed by atoms with Crippen LogP contribution in [0.2, 0.25) is 0 Å². The van der Waals surface area contributed by atoms with Gasteiger partial charge in [-0.2, -0.15) is 0 Å². The molecule has 0 bridgehead atoms. The quantitative estimate of drug-likeness (QED) is 0.578. The molecule has 0 atom stereocenters. The smallest absolute Gasteiger partial charge is 0.269 e. The van der Waals surface area contributed by atoms with Gasteiger partial charge in [0.1, 0.15) is 0 Å². The second-order valence-corrected chi connectivity index (χ2v) is 6.93. The third-order valence-electron chi connectivity index (χ3n) is 4.34. The molecule has 0 aromatic heterocycles. The van der Waals surface area contributed by atoms with Gasteiger partial charge >= 0.3 is 0 Å². The normalized spacial score (nSPS) is 16.2. The zero-order chi connectivity index (χ0) is 16.9. The molecule has 2 aromatic carbocycles. The molecule has 1 heterocycles. The van der Waals surface area contributed by atoms with Crippen LogP contribution in [-0.2, 0) is 13.1 Å². The Balaban J connectivity index is 1.53. The van der Waals surface area contributed by atoms with Gasteiger partial charge in [-0.25, -0.2) is 0 Å². The summed E-state index contributed by atoms with van der Waals surface area (Å²) in [6, 6.07) is 15.3. The Morgan fingerprint density at radius 3 is 2.29 bits per heavy atom. The molecule has 0 N–H and O–H groups in total. The van der Waals surface area contributed by atoms with Crippen molar-refractivity contribution in [1.82, 2.24) is 9.80 Å². The highest BCUT2D eigenvalue weighted by Gasteiger charge is 2.18. The lowest BCUT2D eigenvalue weighted by atomic mass is 10.1. The van der Waals surface area contributed by atoms with E-state index in [9.17, 15) is 10.1 Å². The van der Waals surface area contributed by atoms with E-state index in [1.807, 2.05) is 12.1 Å². The first-order valence-corrected chi connectivity index (χ1v) is 8.82. The molecule has 0 aliphatic carbocycles. The molecule has 24 heavy (non-hydrogen) atoms. The van der Waals surface area contributed by atoms with E-state index in [0.29, 0.717) is 0 Å². The van der Waals surface area contributed by atoms with Crippen molar-refractivity contribution in [3.63, 3.8) is 0 Å². The Morgan fingerprint density at radius 1 is 0.958 bits per heavy atom. The van der Waals surface area contributed by atoms with Crippen molar-refractivity contribution < 1.29 is 4.92 Å². The molecular weight excluding hydrogens is 370 g/mol. The molecule has 1 saturated heterocycles. The van der Waals surface area contributed by atoms with Gasteiger partial charge in [-0.1, -0.05) is 46.3 Å². The molecule has 126 valence electrons. The van der Waals surface area contributed by atoms with Crippen molar-refractivity contribution in [3.05, 3.63) is 74.2 Å². The third-order valence-corrected chi connectivity index (χ3v) is 5.12. The molecule has 5 nitrogen and oxygen atoms in total. The molecule has 0 unspecified atom stereocenters. The summed E-state index contributed by atoms with van der Waals surface area (Å²) in [6.45, 7) is 5.70. The lowest BCUT2D eigenvalue weighted by Gasteiger charge is -2.34. The van der Waals surface area contributed by atoms with E-state index >= 15 is 0 Å². The summed E-state index contributed by atoms with van der Waals surface area (Å²) in [5.74, 6) is 0. The zero-order valence-corrected chi connectivity index (χ0v) is 15.0. The van der Waals surface area contributed by atoms with Gasteiger partial charge in [-0.15, -0.1) is 0 Å². The first-order chi connectivity index (χ1) is 11.6. The summed E-state index contributed by atoms with van der Waals surface area (Å²) in [4.78, 5) is 15.3. The number of nitrogens with zero attached hydrogens (tertiary/aromatic N) is 3. The average Bonchev–Trinajstić information content (AvgIpc) is 2.59. The maximum atomic E-state index is 10.9. The van der Waals surface area contributed by atoms with Crippen molar-refractivity contribution in [2.45, 2.75) is 13.1 Å². The van der Waals surface area contributed by atoms with Crippen LogP contribution in [0.25, 0.3) is 0 Å². The van der Waals surface area contributed by atoms with Gasteiger partial charge in [0, 0.05) is 55.9 Å². The van der Waals surface area contributed by atoms with Gasteiger partial charge in [-0.05, 0) is 17.2 Å². The van der Waals surface area contributed by atoms with Crippen molar-refractivity contribution in [3.8, 4) is 0 Å². The minimum absolute atomic E-state index is 0.167. The summed E-state index contributed by atoms with van der Waals surface area (Å²) >= 11 is 3.61. The fourth-order valence-corrected chi connectivity index (χ4v) is 3.41. The Morgan fingerprint density at radius 2 is 1.62 bits per heavy atom. The number of hydrogen-bond acceptors (Lipinski definition) is 4. The van der Waals surface area contributed by atoms with Crippen LogP contribution in [-0.4, -0.2) is 40.9 Å². The van der Waals surface area contributed by atoms with Crippen molar-refractivity contribution in [2.24, 2.45) is 0 Å². The van der Waals surface area contributed by atoms with Crippen LogP contribution in [0, 0.1) is 10.1 Å². The first-order valence-electron chi connectivity index (χ1n) is 8.03.